The summed E-state index contributed by atoms with van der Waals surface area (Å²) in [5, 5.41) is 5.40. The lowest BCUT2D eigenvalue weighted by molar-refractivity contribution is 0.549. The van der Waals surface area contributed by atoms with Gasteiger partial charge in [0.25, 0.3) is 0 Å². The van der Waals surface area contributed by atoms with Gasteiger partial charge in [-0.05, 0) is 83.3 Å². The van der Waals surface area contributed by atoms with Crippen LogP contribution in [0.15, 0.2) is 99.4 Å². The van der Waals surface area contributed by atoms with Crippen LogP contribution in [0.5, 0.6) is 0 Å². The van der Waals surface area contributed by atoms with Crippen molar-refractivity contribution in [1.82, 2.24) is 0 Å². The molecule has 8 rings (SSSR count). The number of nitrogens with two attached hydrogens (primary N) is 2. The van der Waals surface area contributed by atoms with Gasteiger partial charge in [-0.15, -0.1) is 0 Å². The predicted molar refractivity (Wildman–Crippen MR) is 158 cm³/mol. The second kappa shape index (κ2) is 7.65. The van der Waals surface area contributed by atoms with E-state index in [0.717, 1.165) is 78.4 Å². The second-order valence-electron chi connectivity index (χ2n) is 10.6. The van der Waals surface area contributed by atoms with Crippen LogP contribution in [0.2, 0.25) is 0 Å². The molecule has 2 heterocycles. The van der Waals surface area contributed by atoms with Crippen molar-refractivity contribution in [3.63, 3.8) is 0 Å². The Morgan fingerprint density at radius 3 is 2.58 bits per heavy atom. The third-order valence-electron chi connectivity index (χ3n) is 8.38. The maximum Gasteiger partial charge on any atom is 0.137 e. The summed E-state index contributed by atoms with van der Waals surface area (Å²) in [6, 6.07) is 20.7. The molecule has 2 aliphatic rings. The van der Waals surface area contributed by atoms with E-state index in [0.29, 0.717) is 5.92 Å². The SMILES string of the molecule is C[C@@H]1c2c(oc3ccc(-c4ccc5cc6c(cc5c4)oc4ccc(N)cc46)c(N)c23)C=C2CC=CC=CC21. The molecule has 2 aliphatic carbocycles. The number of rotatable bonds is 1. The first-order valence-electron chi connectivity index (χ1n) is 13.1. The molecule has 4 nitrogen and oxygen atoms in total. The number of fused-ring (bicyclic) bond motifs is 8. The third kappa shape index (κ3) is 2.97. The number of nitrogen functional groups attached to an aromatic ring is 2. The van der Waals surface area contributed by atoms with Crippen molar-refractivity contribution in [3.05, 3.63) is 102 Å². The van der Waals surface area contributed by atoms with Gasteiger partial charge >= 0.3 is 0 Å². The van der Waals surface area contributed by atoms with E-state index in [-0.39, 0.29) is 5.92 Å². The molecule has 2 aromatic heterocycles. The summed E-state index contributed by atoms with van der Waals surface area (Å²) in [6.07, 6.45) is 12.0. The lowest BCUT2D eigenvalue weighted by atomic mass is 9.76. The molecule has 38 heavy (non-hydrogen) atoms. The van der Waals surface area contributed by atoms with Gasteiger partial charge in [-0.25, -0.2) is 0 Å². The van der Waals surface area contributed by atoms with Crippen molar-refractivity contribution >= 4 is 61.1 Å². The fourth-order valence-electron chi connectivity index (χ4n) is 6.49. The molecule has 0 saturated heterocycles. The number of furan rings is 2. The molecular weight excluding hydrogens is 468 g/mol. The molecule has 0 amide bonds. The van der Waals surface area contributed by atoms with E-state index in [1.807, 2.05) is 18.2 Å². The van der Waals surface area contributed by atoms with Gasteiger partial charge in [0.05, 0.1) is 5.69 Å². The molecule has 0 bridgehead atoms. The average Bonchev–Trinajstić information content (AvgIpc) is 3.36. The largest absolute Gasteiger partial charge is 0.456 e. The van der Waals surface area contributed by atoms with E-state index >= 15 is 0 Å². The van der Waals surface area contributed by atoms with E-state index in [9.17, 15) is 0 Å². The van der Waals surface area contributed by atoms with Crippen LogP contribution in [0.1, 0.15) is 30.6 Å². The zero-order chi connectivity index (χ0) is 25.5. The van der Waals surface area contributed by atoms with Crippen molar-refractivity contribution in [3.8, 4) is 11.1 Å². The Hall–Kier alpha value is -4.70. The highest BCUT2D eigenvalue weighted by molar-refractivity contribution is 6.11. The minimum absolute atomic E-state index is 0.284. The Kier molecular flexibility index (Phi) is 4.31. The molecule has 0 fully saturated rings. The van der Waals surface area contributed by atoms with Crippen molar-refractivity contribution in [2.45, 2.75) is 19.3 Å². The zero-order valence-corrected chi connectivity index (χ0v) is 21.0. The van der Waals surface area contributed by atoms with E-state index in [2.05, 4.69) is 79.8 Å². The van der Waals surface area contributed by atoms with Crippen LogP contribution in [0, 0.1) is 5.92 Å². The normalized spacial score (nSPS) is 18.7. The molecule has 1 unspecified atom stereocenters. The van der Waals surface area contributed by atoms with Crippen LogP contribution < -0.4 is 11.5 Å². The first kappa shape index (κ1) is 21.4. The molecule has 0 saturated carbocycles. The van der Waals surface area contributed by atoms with Gasteiger partial charge in [-0.3, -0.25) is 0 Å². The lowest BCUT2D eigenvalue weighted by Crippen LogP contribution is -2.14. The number of allylic oxidation sites excluding steroid dienone is 5. The van der Waals surface area contributed by atoms with Crippen molar-refractivity contribution in [2.75, 3.05) is 11.5 Å². The van der Waals surface area contributed by atoms with Gasteiger partial charge in [0, 0.05) is 38.9 Å². The maximum absolute atomic E-state index is 6.94. The highest BCUT2D eigenvalue weighted by atomic mass is 16.3. The maximum atomic E-state index is 6.94. The highest BCUT2D eigenvalue weighted by Crippen LogP contribution is 2.48. The fraction of sp³-hybridized carbons (Fsp3) is 0.118. The Morgan fingerprint density at radius 2 is 1.66 bits per heavy atom. The van der Waals surface area contributed by atoms with Crippen LogP contribution >= 0.6 is 0 Å². The summed E-state index contributed by atoms with van der Waals surface area (Å²) in [4.78, 5) is 0. The first-order valence-corrected chi connectivity index (χ1v) is 13.1. The topological polar surface area (TPSA) is 78.3 Å². The monoisotopic (exact) mass is 494 g/mol. The third-order valence-corrected chi connectivity index (χ3v) is 8.38. The fourth-order valence-corrected chi connectivity index (χ4v) is 6.49. The highest BCUT2D eigenvalue weighted by Gasteiger charge is 2.32. The van der Waals surface area contributed by atoms with Crippen molar-refractivity contribution in [2.24, 2.45) is 5.92 Å². The number of hydrogen-bond acceptors (Lipinski definition) is 4. The Morgan fingerprint density at radius 1 is 0.789 bits per heavy atom. The molecule has 6 aromatic rings. The average molecular weight is 495 g/mol. The van der Waals surface area contributed by atoms with Crippen LogP contribution in [0.25, 0.3) is 60.9 Å². The predicted octanol–water partition coefficient (Wildman–Crippen LogP) is 8.95. The van der Waals surface area contributed by atoms with E-state index in [1.165, 1.54) is 11.1 Å². The summed E-state index contributed by atoms with van der Waals surface area (Å²) >= 11 is 0. The number of benzene rings is 4. The Balaban J connectivity index is 1.29. The molecule has 0 radical (unpaired) electrons. The Bertz CT molecular complexity index is 2050. The first-order chi connectivity index (χ1) is 18.5. The summed E-state index contributed by atoms with van der Waals surface area (Å²) in [5.41, 5.74) is 21.7. The quantitative estimate of drug-likeness (QED) is 0.224. The number of hydrogen-bond donors (Lipinski definition) is 2. The zero-order valence-electron chi connectivity index (χ0n) is 21.0. The Labute approximate surface area is 219 Å². The van der Waals surface area contributed by atoms with Crippen LogP contribution in [-0.2, 0) is 0 Å². The van der Waals surface area contributed by atoms with E-state index in [1.54, 1.807) is 0 Å². The standard InChI is InChI=1S/C34H26N2O2/c1-18-24-6-4-2-3-5-20(24)15-31-32(18)33-29(38-31)12-10-25(34(33)36)21-8-7-19-14-26-27-17-23(35)9-11-28(27)37-30(26)16-22(19)13-21/h2-4,6-18,24H,5,35-36H2,1H3/t18-,24?/m0/s1. The van der Waals surface area contributed by atoms with Gasteiger partial charge in [-0.2, -0.15) is 0 Å². The van der Waals surface area contributed by atoms with Crippen molar-refractivity contribution < 1.29 is 8.83 Å². The van der Waals surface area contributed by atoms with Gasteiger partial charge < -0.3 is 20.3 Å². The lowest BCUT2D eigenvalue weighted by Gasteiger charge is -2.27. The molecule has 184 valence electrons. The van der Waals surface area contributed by atoms with E-state index < -0.39 is 0 Å². The second-order valence-corrected chi connectivity index (χ2v) is 10.6. The van der Waals surface area contributed by atoms with Gasteiger partial charge in [0.15, 0.2) is 0 Å². The molecule has 2 atom stereocenters. The molecular formula is C34H26N2O2. The smallest absolute Gasteiger partial charge is 0.137 e. The van der Waals surface area contributed by atoms with Gasteiger partial charge in [-0.1, -0.05) is 48.9 Å². The van der Waals surface area contributed by atoms with Gasteiger partial charge in [0.2, 0.25) is 0 Å². The van der Waals surface area contributed by atoms with Crippen LogP contribution in [0.4, 0.5) is 11.4 Å². The minimum Gasteiger partial charge on any atom is -0.456 e. The molecule has 0 spiro atoms. The molecule has 4 N–H and O–H groups in total. The van der Waals surface area contributed by atoms with Crippen LogP contribution in [-0.4, -0.2) is 0 Å². The summed E-state index contributed by atoms with van der Waals surface area (Å²) in [7, 11) is 0. The van der Waals surface area contributed by atoms with Crippen LogP contribution in [0.3, 0.4) is 0 Å². The molecule has 0 aliphatic heterocycles. The minimum atomic E-state index is 0.284. The summed E-state index contributed by atoms with van der Waals surface area (Å²) in [5.74, 6) is 1.58. The summed E-state index contributed by atoms with van der Waals surface area (Å²) < 4.78 is 12.5. The molecule has 4 heteroatoms. The molecule has 4 aromatic carbocycles. The number of anilines is 2. The van der Waals surface area contributed by atoms with E-state index in [4.69, 9.17) is 20.3 Å². The van der Waals surface area contributed by atoms with Crippen molar-refractivity contribution in [1.29, 1.82) is 0 Å². The van der Waals surface area contributed by atoms with Gasteiger partial charge in [0.1, 0.15) is 22.5 Å². The summed E-state index contributed by atoms with van der Waals surface area (Å²) in [6.45, 7) is 2.29.